The van der Waals surface area contributed by atoms with E-state index in [1.165, 1.54) is 22.2 Å². The molecule has 13 heavy (non-hydrogen) atoms. The highest BCUT2D eigenvalue weighted by Crippen LogP contribution is 2.21. The van der Waals surface area contributed by atoms with E-state index >= 15 is 0 Å². The number of nitrogens with one attached hydrogen (secondary N) is 1. The molecule has 0 radical (unpaired) electrons. The van der Waals surface area contributed by atoms with Gasteiger partial charge in [-0.1, -0.05) is 23.9 Å². The molecule has 0 spiro atoms. The van der Waals surface area contributed by atoms with Gasteiger partial charge in [-0.05, 0) is 30.9 Å². The zero-order valence-electron chi connectivity index (χ0n) is 7.83. The summed E-state index contributed by atoms with van der Waals surface area (Å²) in [5.74, 6) is 1.05. The maximum atomic E-state index is 7.36. The summed E-state index contributed by atoms with van der Waals surface area (Å²) in [5.41, 5.74) is 1.33. The van der Waals surface area contributed by atoms with Gasteiger partial charge in [0.05, 0.1) is 5.04 Å². The molecule has 0 heterocycles. The van der Waals surface area contributed by atoms with Crippen molar-refractivity contribution in [3.63, 3.8) is 0 Å². The highest BCUT2D eigenvalue weighted by atomic mass is 32.2. The van der Waals surface area contributed by atoms with Crippen LogP contribution in [-0.2, 0) is 5.75 Å². The topological polar surface area (TPSA) is 23.9 Å². The monoisotopic (exact) mass is 211 g/mol. The van der Waals surface area contributed by atoms with E-state index in [0.29, 0.717) is 5.04 Å². The predicted octanol–water partition coefficient (Wildman–Crippen LogP) is 3.64. The van der Waals surface area contributed by atoms with Crippen molar-refractivity contribution >= 4 is 28.6 Å². The number of hydrogen-bond acceptors (Lipinski definition) is 3. The molecule has 0 bridgehead atoms. The molecule has 0 unspecified atom stereocenters. The summed E-state index contributed by atoms with van der Waals surface area (Å²) in [6.07, 6.45) is 2.10. The van der Waals surface area contributed by atoms with Crippen molar-refractivity contribution in [2.24, 2.45) is 0 Å². The van der Waals surface area contributed by atoms with Gasteiger partial charge in [0.25, 0.3) is 0 Å². The SMILES string of the molecule is CSCc1cccc(SC(C)=N)c1. The van der Waals surface area contributed by atoms with Crippen molar-refractivity contribution in [1.82, 2.24) is 0 Å². The van der Waals surface area contributed by atoms with E-state index in [1.54, 1.807) is 0 Å². The smallest absolute Gasteiger partial charge is 0.0658 e. The van der Waals surface area contributed by atoms with Crippen LogP contribution in [0, 0.1) is 5.41 Å². The molecule has 3 heteroatoms. The summed E-state index contributed by atoms with van der Waals surface area (Å²) in [5, 5.41) is 8.00. The summed E-state index contributed by atoms with van der Waals surface area (Å²) in [6.45, 7) is 1.81. The molecule has 0 aliphatic rings. The van der Waals surface area contributed by atoms with Crippen LogP contribution in [0.2, 0.25) is 0 Å². The largest absolute Gasteiger partial charge is 0.298 e. The van der Waals surface area contributed by atoms with Crippen LogP contribution in [0.4, 0.5) is 0 Å². The average Bonchev–Trinajstić information content (AvgIpc) is 2.04. The quantitative estimate of drug-likeness (QED) is 0.469. The number of hydrogen-bond donors (Lipinski definition) is 1. The first kappa shape index (κ1) is 10.7. The van der Waals surface area contributed by atoms with E-state index < -0.39 is 0 Å². The van der Waals surface area contributed by atoms with Crippen LogP contribution in [0.5, 0.6) is 0 Å². The maximum absolute atomic E-state index is 7.36. The standard InChI is InChI=1S/C10H13NS2/c1-8(11)13-10-5-3-4-9(6-10)7-12-2/h3-6,11H,7H2,1-2H3. The molecule has 0 fully saturated rings. The third-order valence-corrected chi connectivity index (χ3v) is 2.90. The van der Waals surface area contributed by atoms with Gasteiger partial charge >= 0.3 is 0 Å². The van der Waals surface area contributed by atoms with Gasteiger partial charge in [-0.15, -0.1) is 0 Å². The van der Waals surface area contributed by atoms with Crippen molar-refractivity contribution < 1.29 is 0 Å². The second-order valence-electron chi connectivity index (χ2n) is 2.74. The first-order valence-electron chi connectivity index (χ1n) is 4.03. The molecule has 0 saturated carbocycles. The van der Waals surface area contributed by atoms with Crippen LogP contribution in [-0.4, -0.2) is 11.3 Å². The Kier molecular flexibility index (Phi) is 4.39. The molecule has 1 nitrogen and oxygen atoms in total. The number of thioether (sulfide) groups is 2. The van der Waals surface area contributed by atoms with E-state index in [4.69, 9.17) is 5.41 Å². The minimum Gasteiger partial charge on any atom is -0.298 e. The van der Waals surface area contributed by atoms with Crippen LogP contribution in [0.25, 0.3) is 0 Å². The van der Waals surface area contributed by atoms with E-state index in [-0.39, 0.29) is 0 Å². The lowest BCUT2D eigenvalue weighted by molar-refractivity contribution is 1.34. The molecular weight excluding hydrogens is 198 g/mol. The minimum atomic E-state index is 0.640. The molecule has 0 amide bonds. The Balaban J connectivity index is 2.73. The van der Waals surface area contributed by atoms with Crippen LogP contribution < -0.4 is 0 Å². The average molecular weight is 211 g/mol. The predicted molar refractivity (Wildman–Crippen MR) is 62.9 cm³/mol. The second kappa shape index (κ2) is 5.35. The van der Waals surface area contributed by atoms with Gasteiger partial charge in [0.2, 0.25) is 0 Å². The Labute approximate surface area is 87.8 Å². The lowest BCUT2D eigenvalue weighted by atomic mass is 10.2. The Bertz CT molecular complexity index is 297. The molecule has 70 valence electrons. The zero-order valence-corrected chi connectivity index (χ0v) is 9.47. The van der Waals surface area contributed by atoms with Gasteiger partial charge < -0.3 is 0 Å². The molecule has 1 aromatic carbocycles. The Morgan fingerprint density at radius 2 is 2.23 bits per heavy atom. The van der Waals surface area contributed by atoms with Crippen molar-refractivity contribution in [3.05, 3.63) is 29.8 Å². The first-order valence-corrected chi connectivity index (χ1v) is 6.24. The highest BCUT2D eigenvalue weighted by molar-refractivity contribution is 8.13. The zero-order chi connectivity index (χ0) is 9.68. The van der Waals surface area contributed by atoms with Crippen molar-refractivity contribution in [1.29, 1.82) is 5.41 Å². The Morgan fingerprint density at radius 1 is 1.46 bits per heavy atom. The molecule has 0 aromatic heterocycles. The van der Waals surface area contributed by atoms with E-state index in [2.05, 4.69) is 24.5 Å². The number of rotatable bonds is 3. The number of benzene rings is 1. The molecule has 0 aliphatic carbocycles. The lowest BCUT2D eigenvalue weighted by Gasteiger charge is -2.02. The normalized spacial score (nSPS) is 10.0. The summed E-state index contributed by atoms with van der Waals surface area (Å²) < 4.78 is 0. The van der Waals surface area contributed by atoms with Crippen LogP contribution in [0.15, 0.2) is 29.2 Å². The lowest BCUT2D eigenvalue weighted by Crippen LogP contribution is -1.83. The fourth-order valence-electron chi connectivity index (χ4n) is 1.04. The first-order chi connectivity index (χ1) is 6.22. The summed E-state index contributed by atoms with van der Waals surface area (Å²) >= 11 is 3.33. The Hall–Kier alpha value is -0.410. The highest BCUT2D eigenvalue weighted by Gasteiger charge is 1.97. The second-order valence-corrected chi connectivity index (χ2v) is 4.89. The van der Waals surface area contributed by atoms with Gasteiger partial charge in [-0.25, -0.2) is 0 Å². The minimum absolute atomic E-state index is 0.640. The van der Waals surface area contributed by atoms with Gasteiger partial charge in [-0.3, -0.25) is 5.41 Å². The molecule has 0 atom stereocenters. The van der Waals surface area contributed by atoms with Crippen molar-refractivity contribution in [2.75, 3.05) is 6.26 Å². The molecule has 0 saturated heterocycles. The van der Waals surface area contributed by atoms with Gasteiger partial charge in [0.1, 0.15) is 0 Å². The summed E-state index contributed by atoms with van der Waals surface area (Å²) in [4.78, 5) is 1.17. The van der Waals surface area contributed by atoms with E-state index in [0.717, 1.165) is 5.75 Å². The third-order valence-electron chi connectivity index (χ3n) is 1.48. The van der Waals surface area contributed by atoms with Crippen molar-refractivity contribution in [2.45, 2.75) is 17.6 Å². The Morgan fingerprint density at radius 3 is 2.85 bits per heavy atom. The van der Waals surface area contributed by atoms with Gasteiger partial charge in [0.15, 0.2) is 0 Å². The maximum Gasteiger partial charge on any atom is 0.0658 e. The van der Waals surface area contributed by atoms with Crippen LogP contribution >= 0.6 is 23.5 Å². The van der Waals surface area contributed by atoms with Crippen LogP contribution in [0.1, 0.15) is 12.5 Å². The molecule has 1 rings (SSSR count). The molecule has 1 aromatic rings. The van der Waals surface area contributed by atoms with Crippen molar-refractivity contribution in [3.8, 4) is 0 Å². The van der Waals surface area contributed by atoms with Gasteiger partial charge in [0, 0.05) is 10.6 Å². The van der Waals surface area contributed by atoms with Crippen LogP contribution in [0.3, 0.4) is 0 Å². The molecule has 1 N–H and O–H groups in total. The fraction of sp³-hybridized carbons (Fsp3) is 0.300. The molecule has 0 aliphatic heterocycles. The summed E-state index contributed by atoms with van der Waals surface area (Å²) in [6, 6.07) is 8.38. The van der Waals surface area contributed by atoms with E-state index in [1.807, 2.05) is 24.8 Å². The molecular formula is C10H13NS2. The van der Waals surface area contributed by atoms with E-state index in [9.17, 15) is 0 Å². The fourth-order valence-corrected chi connectivity index (χ4v) is 2.27. The van der Waals surface area contributed by atoms with Gasteiger partial charge in [-0.2, -0.15) is 11.8 Å². The summed E-state index contributed by atoms with van der Waals surface area (Å²) in [7, 11) is 0. The third kappa shape index (κ3) is 3.87.